The molecular weight excluding hydrogens is 399 g/mol. The third-order valence-electron chi connectivity index (χ3n) is 4.23. The van der Waals surface area contributed by atoms with Crippen molar-refractivity contribution in [3.05, 3.63) is 75.5 Å². The lowest BCUT2D eigenvalue weighted by molar-refractivity contribution is 0.421. The number of thiophene rings is 2. The van der Waals surface area contributed by atoms with Crippen molar-refractivity contribution in [3.63, 3.8) is 0 Å². The first-order valence-electron chi connectivity index (χ1n) is 8.28. The predicted octanol–water partition coefficient (Wildman–Crippen LogP) is 4.42. The predicted molar refractivity (Wildman–Crippen MR) is 106 cm³/mol. The van der Waals surface area contributed by atoms with Crippen molar-refractivity contribution in [2.45, 2.75) is 6.54 Å². The van der Waals surface area contributed by atoms with Gasteiger partial charge in [0.1, 0.15) is 10.6 Å². The van der Waals surface area contributed by atoms with Crippen molar-refractivity contribution in [1.82, 2.24) is 19.7 Å². The Morgan fingerprint density at radius 3 is 2.79 bits per heavy atom. The smallest absolute Gasteiger partial charge is 0.268 e. The van der Waals surface area contributed by atoms with Crippen LogP contribution in [0.1, 0.15) is 5.82 Å². The molecule has 138 valence electrons. The molecule has 0 atom stereocenters. The van der Waals surface area contributed by atoms with E-state index in [-0.39, 0.29) is 17.9 Å². The molecule has 0 saturated heterocycles. The molecule has 9 heteroatoms. The van der Waals surface area contributed by atoms with Gasteiger partial charge in [0.05, 0.1) is 23.1 Å². The highest BCUT2D eigenvalue weighted by Gasteiger charge is 2.15. The topological polar surface area (TPSA) is 73.8 Å². The SMILES string of the molecule is O=c1c2c(-c3ccc(F)cc3)csc2ncn1Cc1noc(-c2cccs2)n1. The molecule has 0 radical (unpaired) electrons. The van der Waals surface area contributed by atoms with Crippen LogP contribution in [0.4, 0.5) is 4.39 Å². The minimum absolute atomic E-state index is 0.148. The fourth-order valence-corrected chi connectivity index (χ4v) is 4.44. The van der Waals surface area contributed by atoms with E-state index in [0.29, 0.717) is 21.9 Å². The molecule has 5 rings (SSSR count). The van der Waals surface area contributed by atoms with E-state index >= 15 is 0 Å². The molecule has 0 spiro atoms. The zero-order valence-corrected chi connectivity index (χ0v) is 15.8. The fraction of sp³-hybridized carbons (Fsp3) is 0.0526. The number of fused-ring (bicyclic) bond motifs is 1. The molecular formula is C19H11FN4O2S2. The summed E-state index contributed by atoms with van der Waals surface area (Å²) < 4.78 is 20.0. The van der Waals surface area contributed by atoms with Gasteiger partial charge >= 0.3 is 0 Å². The number of benzene rings is 1. The summed E-state index contributed by atoms with van der Waals surface area (Å²) in [5.41, 5.74) is 1.30. The molecule has 4 heterocycles. The summed E-state index contributed by atoms with van der Waals surface area (Å²) in [4.78, 5) is 23.3. The van der Waals surface area contributed by atoms with Gasteiger partial charge in [0.15, 0.2) is 5.82 Å². The van der Waals surface area contributed by atoms with Gasteiger partial charge in [-0.1, -0.05) is 23.4 Å². The number of rotatable bonds is 4. The minimum Gasteiger partial charge on any atom is -0.333 e. The second kappa shape index (κ2) is 6.77. The standard InChI is InChI=1S/C19H11FN4O2S2/c20-12-5-3-11(4-6-12)13-9-28-18-16(13)19(25)24(10-21-18)8-15-22-17(26-23-15)14-2-1-7-27-14/h1-7,9-10H,8H2. The van der Waals surface area contributed by atoms with E-state index < -0.39 is 0 Å². The maximum Gasteiger partial charge on any atom is 0.268 e. The van der Waals surface area contributed by atoms with Crippen LogP contribution in [0.3, 0.4) is 0 Å². The van der Waals surface area contributed by atoms with Gasteiger partial charge in [-0.25, -0.2) is 9.37 Å². The zero-order chi connectivity index (χ0) is 19.1. The first-order chi connectivity index (χ1) is 13.7. The molecule has 0 amide bonds. The molecule has 4 aromatic heterocycles. The van der Waals surface area contributed by atoms with E-state index in [1.54, 1.807) is 12.1 Å². The Bertz CT molecular complexity index is 1320. The van der Waals surface area contributed by atoms with Crippen molar-refractivity contribution in [2.75, 3.05) is 0 Å². The van der Waals surface area contributed by atoms with Crippen LogP contribution in [0.2, 0.25) is 0 Å². The maximum absolute atomic E-state index is 13.2. The van der Waals surface area contributed by atoms with E-state index in [1.807, 2.05) is 22.9 Å². The van der Waals surface area contributed by atoms with Gasteiger partial charge in [0.2, 0.25) is 0 Å². The summed E-state index contributed by atoms with van der Waals surface area (Å²) in [7, 11) is 0. The molecule has 0 bridgehead atoms. The Kier molecular flexibility index (Phi) is 4.10. The summed E-state index contributed by atoms with van der Waals surface area (Å²) in [5.74, 6) is 0.498. The number of aromatic nitrogens is 4. The second-order valence-electron chi connectivity index (χ2n) is 6.01. The van der Waals surface area contributed by atoms with Gasteiger partial charge in [-0.15, -0.1) is 22.7 Å². The van der Waals surface area contributed by atoms with Gasteiger partial charge in [-0.05, 0) is 29.1 Å². The Balaban J connectivity index is 1.54. The molecule has 0 aliphatic heterocycles. The van der Waals surface area contributed by atoms with Crippen molar-refractivity contribution in [1.29, 1.82) is 0 Å². The molecule has 5 aromatic rings. The van der Waals surface area contributed by atoms with E-state index in [4.69, 9.17) is 4.52 Å². The lowest BCUT2D eigenvalue weighted by Crippen LogP contribution is -2.21. The van der Waals surface area contributed by atoms with E-state index in [2.05, 4.69) is 15.1 Å². The van der Waals surface area contributed by atoms with Crippen LogP contribution in [-0.4, -0.2) is 19.7 Å². The second-order valence-corrected chi connectivity index (χ2v) is 7.81. The number of halogens is 1. The van der Waals surface area contributed by atoms with Gasteiger partial charge in [0, 0.05) is 10.9 Å². The van der Waals surface area contributed by atoms with Crippen LogP contribution < -0.4 is 5.56 Å². The summed E-state index contributed by atoms with van der Waals surface area (Å²) in [5, 5.41) is 8.25. The maximum atomic E-state index is 13.2. The number of hydrogen-bond acceptors (Lipinski definition) is 7. The summed E-state index contributed by atoms with van der Waals surface area (Å²) in [6.07, 6.45) is 1.48. The van der Waals surface area contributed by atoms with Crippen LogP contribution in [0, 0.1) is 5.82 Å². The Morgan fingerprint density at radius 2 is 2.00 bits per heavy atom. The Hall–Kier alpha value is -3.17. The molecule has 1 aromatic carbocycles. The quantitative estimate of drug-likeness (QED) is 0.438. The van der Waals surface area contributed by atoms with E-state index in [9.17, 15) is 9.18 Å². The molecule has 0 aliphatic carbocycles. The largest absolute Gasteiger partial charge is 0.333 e. The molecule has 0 aliphatic rings. The van der Waals surface area contributed by atoms with Crippen molar-refractivity contribution in [3.8, 4) is 21.9 Å². The summed E-state index contributed by atoms with van der Waals surface area (Å²) >= 11 is 2.88. The Morgan fingerprint density at radius 1 is 1.14 bits per heavy atom. The summed E-state index contributed by atoms with van der Waals surface area (Å²) in [6.45, 7) is 0.148. The lowest BCUT2D eigenvalue weighted by Gasteiger charge is -2.03. The first-order valence-corrected chi connectivity index (χ1v) is 10.0. The highest BCUT2D eigenvalue weighted by atomic mass is 32.1. The van der Waals surface area contributed by atoms with Crippen LogP contribution in [0.15, 0.2) is 62.8 Å². The average molecular weight is 410 g/mol. The first kappa shape index (κ1) is 17.0. The highest BCUT2D eigenvalue weighted by Crippen LogP contribution is 2.30. The fourth-order valence-electron chi connectivity index (χ4n) is 2.89. The minimum atomic E-state index is -0.322. The summed E-state index contributed by atoms with van der Waals surface area (Å²) in [6, 6.07) is 9.85. The van der Waals surface area contributed by atoms with Crippen LogP contribution in [-0.2, 0) is 6.54 Å². The molecule has 0 fully saturated rings. The van der Waals surface area contributed by atoms with Crippen molar-refractivity contribution < 1.29 is 8.91 Å². The average Bonchev–Trinajstić information content (AvgIpc) is 3.45. The molecule has 6 nitrogen and oxygen atoms in total. The normalized spacial score (nSPS) is 11.3. The molecule has 0 saturated carbocycles. The van der Waals surface area contributed by atoms with Crippen molar-refractivity contribution in [2.24, 2.45) is 0 Å². The van der Waals surface area contributed by atoms with Crippen LogP contribution in [0.5, 0.6) is 0 Å². The van der Waals surface area contributed by atoms with Gasteiger partial charge in [-0.3, -0.25) is 9.36 Å². The highest BCUT2D eigenvalue weighted by molar-refractivity contribution is 7.17. The number of nitrogens with zero attached hydrogens (tertiary/aromatic N) is 4. The molecule has 0 unspecified atom stereocenters. The monoisotopic (exact) mass is 410 g/mol. The van der Waals surface area contributed by atoms with Gasteiger partial charge < -0.3 is 4.52 Å². The molecule has 0 N–H and O–H groups in total. The van der Waals surface area contributed by atoms with Crippen LogP contribution >= 0.6 is 22.7 Å². The van der Waals surface area contributed by atoms with Gasteiger partial charge in [-0.2, -0.15) is 4.98 Å². The van der Waals surface area contributed by atoms with E-state index in [1.165, 1.54) is 45.7 Å². The number of hydrogen-bond donors (Lipinski definition) is 0. The van der Waals surface area contributed by atoms with Crippen LogP contribution in [0.25, 0.3) is 32.1 Å². The third kappa shape index (κ3) is 2.94. The van der Waals surface area contributed by atoms with E-state index in [0.717, 1.165) is 16.0 Å². The third-order valence-corrected chi connectivity index (χ3v) is 5.97. The lowest BCUT2D eigenvalue weighted by atomic mass is 10.1. The van der Waals surface area contributed by atoms with Gasteiger partial charge in [0.25, 0.3) is 11.4 Å². The Labute approximate surface area is 165 Å². The van der Waals surface area contributed by atoms with Crippen molar-refractivity contribution >= 4 is 32.9 Å². The molecule has 28 heavy (non-hydrogen) atoms. The zero-order valence-electron chi connectivity index (χ0n) is 14.2.